The number of aliphatic hydroxyl groups excluding tert-OH is 3. The van der Waals surface area contributed by atoms with Crippen LogP contribution in [0, 0.1) is 23.7 Å². The lowest BCUT2D eigenvalue weighted by atomic mass is 9.94. The number of nitrogens with zero attached hydrogens (tertiary/aromatic N) is 1. The normalized spacial score (nSPS) is 24.7. The molecule has 14 atom stereocenters. The van der Waals surface area contributed by atoms with E-state index >= 15 is 4.79 Å². The first-order valence-corrected chi connectivity index (χ1v) is 28.7. The van der Waals surface area contributed by atoms with Crippen LogP contribution in [0.5, 0.6) is 0 Å². The quantitative estimate of drug-likeness (QED) is 0.0180. The molecule has 0 aliphatic carbocycles. The third kappa shape index (κ3) is 24.2. The van der Waals surface area contributed by atoms with Crippen LogP contribution in [0.3, 0.4) is 0 Å². The van der Waals surface area contributed by atoms with Crippen molar-refractivity contribution in [2.24, 2.45) is 51.6 Å². The molecule has 2 rings (SSSR count). The van der Waals surface area contributed by atoms with Crippen molar-refractivity contribution in [3.63, 3.8) is 0 Å². The maximum Gasteiger partial charge on any atom is 0.331 e. The predicted octanol–water partition coefficient (Wildman–Crippen LogP) is -5.27. The van der Waals surface area contributed by atoms with Crippen LogP contribution in [-0.4, -0.2) is 185 Å². The number of nitrogens with two attached hydrogens (primary N) is 4. The van der Waals surface area contributed by atoms with Crippen molar-refractivity contribution in [3.05, 3.63) is 48.0 Å². The van der Waals surface area contributed by atoms with Crippen molar-refractivity contribution < 1.29 is 77.6 Å². The Morgan fingerprint density at radius 1 is 0.701 bits per heavy atom. The lowest BCUT2D eigenvalue weighted by Gasteiger charge is -2.32. The van der Waals surface area contributed by atoms with Crippen LogP contribution < -0.4 is 76.1 Å². The molecule has 1 fully saturated rings. The Hall–Kier alpha value is -8.29. The molecule has 1 aliphatic heterocycles. The van der Waals surface area contributed by atoms with Crippen LogP contribution in [-0.2, 0) is 62.3 Å². The minimum atomic E-state index is -2.56. The van der Waals surface area contributed by atoms with Crippen LogP contribution in [0.1, 0.15) is 113 Å². The Kier molecular flexibility index (Phi) is 31.0. The van der Waals surface area contributed by atoms with Crippen molar-refractivity contribution in [1.29, 1.82) is 0 Å². The zero-order chi connectivity index (χ0) is 66.2. The van der Waals surface area contributed by atoms with Gasteiger partial charge in [0.25, 0.3) is 0 Å². The highest BCUT2D eigenvalue weighted by atomic mass is 16.5. The van der Waals surface area contributed by atoms with Gasteiger partial charge in [-0.25, -0.2) is 4.79 Å². The molecule has 0 aromatic heterocycles. The number of hydrogen-bond acceptors (Lipinski definition) is 18. The van der Waals surface area contributed by atoms with E-state index in [0.29, 0.717) is 0 Å². The number of nitrogens with one attached hydrogen (secondary N) is 10. The van der Waals surface area contributed by atoms with E-state index in [2.05, 4.69) is 54.1 Å². The fraction of sp³-hybridized carbons (Fsp3) is 0.625. The smallest absolute Gasteiger partial charge is 0.331 e. The third-order valence-corrected chi connectivity index (χ3v) is 13.9. The number of carbonyl (C=O) groups excluding carboxylic acids is 12. The number of esters is 1. The Morgan fingerprint density at radius 3 is 1.82 bits per heavy atom. The summed E-state index contributed by atoms with van der Waals surface area (Å²) in [4.78, 5) is 172. The zero-order valence-electron chi connectivity index (χ0n) is 51.0. The van der Waals surface area contributed by atoms with Crippen molar-refractivity contribution >= 4 is 76.9 Å². The minimum Gasteiger partial charge on any atom is -0.453 e. The number of carbonyl (C=O) groups is 12. The lowest BCUT2D eigenvalue weighted by Crippen LogP contribution is -2.63. The molecule has 31 nitrogen and oxygen atoms in total. The number of aliphatic imine (C=N–C) groups is 1. The second-order valence-electron chi connectivity index (χ2n) is 22.5. The highest BCUT2D eigenvalue weighted by Gasteiger charge is 2.42. The molecule has 0 spiro atoms. The summed E-state index contributed by atoms with van der Waals surface area (Å²) in [6.45, 7) is 17.6. The summed E-state index contributed by atoms with van der Waals surface area (Å²) in [5.41, 5.74) is 22.5. The monoisotopic (exact) mass is 1230 g/mol. The number of hydrogen-bond donors (Lipinski definition) is 17. The first kappa shape index (κ1) is 74.8. The van der Waals surface area contributed by atoms with Crippen LogP contribution in [0.2, 0.25) is 0 Å². The largest absolute Gasteiger partial charge is 0.453 e. The number of guanidine groups is 1. The first-order valence-electron chi connectivity index (χ1n) is 28.7. The van der Waals surface area contributed by atoms with Gasteiger partial charge in [-0.1, -0.05) is 98.7 Å². The first-order chi connectivity index (χ1) is 40.6. The van der Waals surface area contributed by atoms with Crippen LogP contribution in [0.15, 0.2) is 47.5 Å². The van der Waals surface area contributed by atoms with Gasteiger partial charge in [0, 0.05) is 6.54 Å². The van der Waals surface area contributed by atoms with Gasteiger partial charge in [-0.2, -0.15) is 0 Å². The molecule has 0 unspecified atom stereocenters. The molecule has 1 aliphatic rings. The van der Waals surface area contributed by atoms with Gasteiger partial charge < -0.3 is 96.2 Å². The molecule has 31 heteroatoms. The highest BCUT2D eigenvalue weighted by molar-refractivity contribution is 6.00. The fourth-order valence-corrected chi connectivity index (χ4v) is 8.63. The van der Waals surface area contributed by atoms with E-state index in [-0.39, 0.29) is 67.6 Å². The second-order valence-corrected chi connectivity index (χ2v) is 22.5. The van der Waals surface area contributed by atoms with E-state index < -0.39 is 175 Å². The topological polar surface area (TPSA) is 511 Å². The molecule has 1 saturated heterocycles. The number of amides is 11. The SMILES string of the molecule is C=C(C(C)C)[C@@H]1NC(=O)[C@@H](NC(=O)[C@H](C)NC(=O)[C@H](N)CC(C)C)[C@@H](c2ccccc2)OC(=O)[C@H](CO)NC(=O)[C@H]([C@H](O)C(N)=O)NC(=O)CNC(=O)[C@H]([C@H](C)O)NC(=O)[C@H]([C@@H](C)CC)NC(=O)[C@@H](CCCN=C(N)N)NC(=O)[C@H](CC(C)C)NC1=O. The molecule has 11 amide bonds. The summed E-state index contributed by atoms with van der Waals surface area (Å²) in [6, 6.07) is -10.1. The Bertz CT molecular complexity index is 2620. The average Bonchev–Trinajstić information content (AvgIpc) is 3.24. The molecule has 1 aromatic rings. The molecule has 0 bridgehead atoms. The van der Waals surface area contributed by atoms with Gasteiger partial charge >= 0.3 is 5.97 Å². The van der Waals surface area contributed by atoms with Gasteiger partial charge in [0.15, 0.2) is 24.2 Å². The standard InChI is InChI=1S/C56H91N15O16/c1-12-28(8)38-51(82)70-40(31(11)73)50(81)62-23-37(74)67-41(43(75)45(58)76)53(84)66-36(24-72)55(86)87-44(32-17-14-13-15-18-32)42(71-46(77)30(10)63-47(78)33(57)21-25(2)3)54(85)69-39(29(9)27(6)7)52(83)65-35(22-26(4)5)49(80)64-34(48(79)68-38)19-16-20-61-56(59)60/h13-15,17-18,25-28,30-31,33-36,38-44,72-73,75H,9,12,16,19-24,57H2,1-8,10-11H3,(H2,58,76)(H,62,81)(H,63,78)(H,64,80)(H,65,83)(H,66,84)(H,67,74)(H,68,79)(H,69,85)(H,70,82)(H,71,77)(H4,59,60,61)/t28-,30-,31-,33+,34+,35-,36-,38-,39-,40-,41-,42-,43-,44+/m0/s1. The maximum atomic E-state index is 15.2. The summed E-state index contributed by atoms with van der Waals surface area (Å²) in [7, 11) is 0. The number of primary amides is 1. The minimum absolute atomic E-state index is 0.0291. The number of benzene rings is 1. The summed E-state index contributed by atoms with van der Waals surface area (Å²) in [5.74, 6) is -16.1. The fourth-order valence-electron chi connectivity index (χ4n) is 8.63. The number of rotatable bonds is 21. The molecule has 1 aromatic carbocycles. The van der Waals surface area contributed by atoms with Crippen molar-refractivity contribution in [2.75, 3.05) is 19.7 Å². The van der Waals surface area contributed by atoms with Gasteiger partial charge in [0.1, 0.15) is 48.3 Å². The third-order valence-electron chi connectivity index (χ3n) is 13.9. The van der Waals surface area contributed by atoms with Gasteiger partial charge in [-0.05, 0) is 74.3 Å². The Balaban J connectivity index is 3.07. The van der Waals surface area contributed by atoms with E-state index in [0.717, 1.165) is 6.92 Å². The maximum absolute atomic E-state index is 15.2. The zero-order valence-corrected chi connectivity index (χ0v) is 51.0. The van der Waals surface area contributed by atoms with Crippen LogP contribution in [0.4, 0.5) is 0 Å². The molecule has 21 N–H and O–H groups in total. The Morgan fingerprint density at radius 2 is 1.28 bits per heavy atom. The summed E-state index contributed by atoms with van der Waals surface area (Å²) in [6.07, 6.45) is -5.95. The Labute approximate surface area is 505 Å². The molecule has 486 valence electrons. The predicted molar refractivity (Wildman–Crippen MR) is 316 cm³/mol. The second kappa shape index (κ2) is 36.0. The van der Waals surface area contributed by atoms with E-state index in [9.17, 15) is 68.1 Å². The number of ether oxygens (including phenoxy) is 1. The summed E-state index contributed by atoms with van der Waals surface area (Å²) >= 11 is 0. The van der Waals surface area contributed by atoms with Gasteiger partial charge in [0.05, 0.1) is 25.3 Å². The highest BCUT2D eigenvalue weighted by Crippen LogP contribution is 2.25. The van der Waals surface area contributed by atoms with E-state index in [1.807, 2.05) is 24.5 Å². The molecule has 0 radical (unpaired) electrons. The van der Waals surface area contributed by atoms with Crippen molar-refractivity contribution in [3.8, 4) is 0 Å². The summed E-state index contributed by atoms with van der Waals surface area (Å²) in [5, 5.41) is 56.1. The van der Waals surface area contributed by atoms with Crippen LogP contribution >= 0.6 is 0 Å². The summed E-state index contributed by atoms with van der Waals surface area (Å²) < 4.78 is 5.88. The molecular weight excluding hydrogens is 1140 g/mol. The van der Waals surface area contributed by atoms with E-state index in [1.54, 1.807) is 41.5 Å². The van der Waals surface area contributed by atoms with Crippen LogP contribution in [0.25, 0.3) is 0 Å². The van der Waals surface area contributed by atoms with Crippen molar-refractivity contribution in [1.82, 2.24) is 53.2 Å². The van der Waals surface area contributed by atoms with Gasteiger partial charge in [-0.3, -0.25) is 57.7 Å². The number of cyclic esters (lactones) is 1. The van der Waals surface area contributed by atoms with Gasteiger partial charge in [-0.15, -0.1) is 0 Å². The average molecular weight is 1230 g/mol. The number of aliphatic hydroxyl groups is 3. The van der Waals surface area contributed by atoms with E-state index in [1.165, 1.54) is 37.3 Å². The molecule has 87 heavy (non-hydrogen) atoms. The molecule has 0 saturated carbocycles. The van der Waals surface area contributed by atoms with Gasteiger partial charge in [0.2, 0.25) is 65.0 Å². The molecular formula is C56H91N15O16. The molecule has 1 heterocycles. The van der Waals surface area contributed by atoms with E-state index in [4.69, 9.17) is 27.7 Å². The lowest BCUT2D eigenvalue weighted by molar-refractivity contribution is -0.159. The van der Waals surface area contributed by atoms with Crippen molar-refractivity contribution in [2.45, 2.75) is 180 Å².